The molecular formula is C19H16F6O2S2. The minimum atomic E-state index is -5.59. The Labute approximate surface area is 170 Å². The average molecular weight is 454 g/mol. The molecule has 4 atom stereocenters. The Bertz CT molecular complexity index is 959. The summed E-state index contributed by atoms with van der Waals surface area (Å²) in [5.74, 6) is -15.7. The third kappa shape index (κ3) is 1.65. The van der Waals surface area contributed by atoms with Crippen molar-refractivity contribution in [3.05, 3.63) is 41.9 Å². The first kappa shape index (κ1) is 20.1. The van der Waals surface area contributed by atoms with E-state index in [2.05, 4.69) is 0 Å². The number of rotatable bonds is 0. The summed E-state index contributed by atoms with van der Waals surface area (Å²) >= 11 is 1.44. The molecule has 0 aromatic heterocycles. The van der Waals surface area contributed by atoms with E-state index in [1.54, 1.807) is 0 Å². The molecule has 0 saturated heterocycles. The maximum Gasteiger partial charge on any atom is 0.380 e. The second-order valence-corrected chi connectivity index (χ2v) is 10.9. The van der Waals surface area contributed by atoms with Crippen LogP contribution in [0.2, 0.25) is 0 Å². The van der Waals surface area contributed by atoms with Gasteiger partial charge in [-0.05, 0) is 48.7 Å². The summed E-state index contributed by atoms with van der Waals surface area (Å²) in [5, 5.41) is 21.6. The fraction of sp³-hybridized carbons (Fsp3) is 0.579. The van der Waals surface area contributed by atoms with Crippen molar-refractivity contribution in [1.82, 2.24) is 0 Å². The molecule has 3 aliphatic carbocycles. The van der Waals surface area contributed by atoms with Gasteiger partial charge >= 0.3 is 17.8 Å². The van der Waals surface area contributed by atoms with Crippen LogP contribution in [-0.4, -0.2) is 40.2 Å². The first-order valence-electron chi connectivity index (χ1n) is 8.88. The lowest BCUT2D eigenvalue weighted by Gasteiger charge is -2.55. The number of hydrogen-bond donors (Lipinski definition) is 2. The quantitative estimate of drug-likeness (QED) is 0.493. The van der Waals surface area contributed by atoms with Crippen LogP contribution < -0.4 is 0 Å². The summed E-state index contributed by atoms with van der Waals surface area (Å²) in [7, 11) is 0. The molecule has 2 aliphatic heterocycles. The van der Waals surface area contributed by atoms with Gasteiger partial charge in [0.2, 0.25) is 0 Å². The number of aliphatic hydroxyl groups is 2. The van der Waals surface area contributed by atoms with Crippen LogP contribution in [0.1, 0.15) is 27.7 Å². The predicted molar refractivity (Wildman–Crippen MR) is 97.7 cm³/mol. The van der Waals surface area contributed by atoms with Gasteiger partial charge in [-0.1, -0.05) is 23.5 Å². The highest BCUT2D eigenvalue weighted by atomic mass is 32.2. The van der Waals surface area contributed by atoms with E-state index >= 15 is 0 Å². The Morgan fingerprint density at radius 3 is 1.31 bits per heavy atom. The van der Waals surface area contributed by atoms with Crippen molar-refractivity contribution in [2.45, 2.75) is 57.7 Å². The minimum Gasteiger partial charge on any atom is -0.386 e. The molecule has 2 saturated carbocycles. The van der Waals surface area contributed by atoms with Gasteiger partial charge in [0.1, 0.15) is 12.2 Å². The zero-order valence-electron chi connectivity index (χ0n) is 15.6. The zero-order valence-corrected chi connectivity index (χ0v) is 17.3. The van der Waals surface area contributed by atoms with Crippen LogP contribution in [-0.2, 0) is 0 Å². The number of allylic oxidation sites excluding steroid dienone is 6. The van der Waals surface area contributed by atoms with Gasteiger partial charge < -0.3 is 10.2 Å². The van der Waals surface area contributed by atoms with E-state index in [1.807, 2.05) is 0 Å². The van der Waals surface area contributed by atoms with E-state index in [0.717, 1.165) is 23.5 Å². The molecule has 0 aromatic rings. The van der Waals surface area contributed by atoms with Gasteiger partial charge in [0, 0.05) is 31.8 Å². The fourth-order valence-electron chi connectivity index (χ4n) is 5.83. The second-order valence-electron chi connectivity index (χ2n) is 8.41. The van der Waals surface area contributed by atoms with Crippen LogP contribution in [0.3, 0.4) is 0 Å². The van der Waals surface area contributed by atoms with E-state index in [-0.39, 0.29) is 21.0 Å². The van der Waals surface area contributed by atoms with Crippen molar-refractivity contribution in [3.63, 3.8) is 0 Å². The monoisotopic (exact) mass is 454 g/mol. The van der Waals surface area contributed by atoms with Gasteiger partial charge in [0.15, 0.2) is 0 Å². The normalized spacial score (nSPS) is 43.4. The molecule has 10 heteroatoms. The number of fused-ring (bicyclic) bond motifs is 1. The van der Waals surface area contributed by atoms with Crippen LogP contribution >= 0.6 is 23.5 Å². The predicted octanol–water partition coefficient (Wildman–Crippen LogP) is 5.22. The first-order valence-corrected chi connectivity index (χ1v) is 10.5. The van der Waals surface area contributed by atoms with Crippen LogP contribution in [0.25, 0.3) is 0 Å². The molecule has 0 amide bonds. The fourth-order valence-corrected chi connectivity index (χ4v) is 9.01. The highest BCUT2D eigenvalue weighted by molar-refractivity contribution is 8.07. The second kappa shape index (κ2) is 4.97. The van der Waals surface area contributed by atoms with E-state index < -0.39 is 52.0 Å². The molecular weight excluding hydrogens is 438 g/mol. The van der Waals surface area contributed by atoms with Gasteiger partial charge in [0.05, 0.1) is 0 Å². The zero-order chi connectivity index (χ0) is 21.7. The van der Waals surface area contributed by atoms with Gasteiger partial charge in [-0.2, -0.15) is 26.3 Å². The van der Waals surface area contributed by atoms with Crippen LogP contribution in [0, 0.1) is 10.8 Å². The largest absolute Gasteiger partial charge is 0.386 e. The van der Waals surface area contributed by atoms with E-state index in [4.69, 9.17) is 0 Å². The van der Waals surface area contributed by atoms with Gasteiger partial charge in [-0.25, -0.2) is 0 Å². The van der Waals surface area contributed by atoms with Crippen LogP contribution in [0.5, 0.6) is 0 Å². The molecule has 0 spiro atoms. The van der Waals surface area contributed by atoms with Crippen LogP contribution in [0.15, 0.2) is 41.9 Å². The van der Waals surface area contributed by atoms with Crippen molar-refractivity contribution in [2.24, 2.45) is 10.8 Å². The maximum atomic E-state index is 14.9. The van der Waals surface area contributed by atoms with Crippen molar-refractivity contribution < 1.29 is 36.6 Å². The van der Waals surface area contributed by atoms with Gasteiger partial charge in [-0.15, -0.1) is 0 Å². The number of halogens is 6. The smallest absolute Gasteiger partial charge is 0.380 e. The lowest BCUT2D eigenvalue weighted by atomic mass is 9.49. The summed E-state index contributed by atoms with van der Waals surface area (Å²) in [5.41, 5.74) is -5.07. The van der Waals surface area contributed by atoms with Crippen LogP contribution in [0.4, 0.5) is 26.3 Å². The average Bonchev–Trinajstić information content (AvgIpc) is 3.05. The molecule has 2 fully saturated rings. The standard InChI is InChI=1S/C19H16F6O2S2/c1-5-7-11(26)12(27)8-6(2)29-14-10-9(13(28-5)15(7,3)16(8,14)4)17(20,21)19(24,25)18(10,22)23/h11-12,26-27H,1-4H3. The lowest BCUT2D eigenvalue weighted by Crippen LogP contribution is -2.55. The number of thioether (sulfide) groups is 2. The van der Waals surface area contributed by atoms with E-state index in [0.29, 0.717) is 9.81 Å². The Morgan fingerprint density at radius 2 is 1.00 bits per heavy atom. The summed E-state index contributed by atoms with van der Waals surface area (Å²) in [6.45, 7) is 6.07. The summed E-state index contributed by atoms with van der Waals surface area (Å²) < 4.78 is 88.4. The highest BCUT2D eigenvalue weighted by Crippen LogP contribution is 2.81. The first-order chi connectivity index (χ1) is 13.1. The molecule has 0 radical (unpaired) electrons. The molecule has 29 heavy (non-hydrogen) atoms. The highest BCUT2D eigenvalue weighted by Gasteiger charge is 2.85. The Balaban J connectivity index is 2.00. The SMILES string of the molecule is CC1=C2C(O)C(O)C3=C(C)SC4=C5C(=C(S1)C2(C)C43C)C(F)(F)C(F)(F)C5(F)F. The van der Waals surface area contributed by atoms with Crippen molar-refractivity contribution in [1.29, 1.82) is 0 Å². The molecule has 0 aromatic carbocycles. The molecule has 4 unspecified atom stereocenters. The molecule has 2 N–H and O–H groups in total. The number of hydrogen-bond acceptors (Lipinski definition) is 4. The number of alkyl halides is 6. The molecule has 5 aliphatic rings. The summed E-state index contributed by atoms with van der Waals surface area (Å²) in [4.78, 5) is 0.135. The molecule has 0 bridgehead atoms. The number of aliphatic hydroxyl groups excluding tert-OH is 2. The minimum absolute atomic E-state index is 0.227. The Kier molecular flexibility index (Phi) is 3.44. The summed E-state index contributed by atoms with van der Waals surface area (Å²) in [6.07, 6.45) is -2.89. The molecule has 158 valence electrons. The Hall–Kier alpha value is -0.840. The molecule has 2 heterocycles. The van der Waals surface area contributed by atoms with Gasteiger partial charge in [0.25, 0.3) is 0 Å². The van der Waals surface area contributed by atoms with Crippen molar-refractivity contribution in [2.75, 3.05) is 0 Å². The third-order valence-corrected chi connectivity index (χ3v) is 9.95. The maximum absolute atomic E-state index is 14.9. The van der Waals surface area contributed by atoms with E-state index in [9.17, 15) is 36.6 Å². The summed E-state index contributed by atoms with van der Waals surface area (Å²) in [6, 6.07) is 0. The van der Waals surface area contributed by atoms with E-state index in [1.165, 1.54) is 27.7 Å². The lowest BCUT2D eigenvalue weighted by molar-refractivity contribution is -0.258. The van der Waals surface area contributed by atoms with Crippen molar-refractivity contribution in [3.8, 4) is 0 Å². The van der Waals surface area contributed by atoms with Crippen molar-refractivity contribution >= 4 is 23.5 Å². The molecule has 5 rings (SSSR count). The molecule has 2 nitrogen and oxygen atoms in total. The van der Waals surface area contributed by atoms with Gasteiger partial charge in [-0.3, -0.25) is 0 Å². The topological polar surface area (TPSA) is 40.5 Å². The Morgan fingerprint density at radius 1 is 0.690 bits per heavy atom. The third-order valence-electron chi connectivity index (χ3n) is 7.27.